The molecule has 1 unspecified atom stereocenters. The zero-order valence-electron chi connectivity index (χ0n) is 14.7. The molecule has 0 saturated heterocycles. The van der Waals surface area contributed by atoms with Crippen molar-refractivity contribution < 1.29 is 19.2 Å². The van der Waals surface area contributed by atoms with Gasteiger partial charge < -0.3 is 9.47 Å². The maximum absolute atomic E-state index is 12.4. The van der Waals surface area contributed by atoms with Crippen LogP contribution < -0.4 is 9.47 Å². The van der Waals surface area contributed by atoms with E-state index in [0.29, 0.717) is 5.75 Å². The lowest BCUT2D eigenvalue weighted by Gasteiger charge is -2.12. The van der Waals surface area contributed by atoms with Gasteiger partial charge in [0.25, 0.3) is 5.69 Å². The number of nitro groups is 1. The zero-order chi connectivity index (χ0) is 19.4. The van der Waals surface area contributed by atoms with Crippen molar-refractivity contribution in [3.8, 4) is 11.5 Å². The summed E-state index contributed by atoms with van der Waals surface area (Å²) in [6.07, 6.45) is 0. The fourth-order valence-electron chi connectivity index (χ4n) is 2.49. The highest BCUT2D eigenvalue weighted by Gasteiger charge is 2.17. The van der Waals surface area contributed by atoms with Crippen LogP contribution >= 0.6 is 11.8 Å². The highest BCUT2D eigenvalue weighted by Crippen LogP contribution is 2.28. The molecule has 0 aromatic heterocycles. The second-order valence-corrected chi connectivity index (χ2v) is 7.22. The van der Waals surface area contributed by atoms with E-state index >= 15 is 0 Å². The molecule has 0 radical (unpaired) electrons. The maximum atomic E-state index is 12.4. The van der Waals surface area contributed by atoms with Crippen molar-refractivity contribution in [3.05, 3.63) is 70.8 Å². The molecule has 138 valence electrons. The van der Waals surface area contributed by atoms with Crippen molar-refractivity contribution in [2.24, 2.45) is 0 Å². The van der Waals surface area contributed by atoms with E-state index in [1.54, 1.807) is 38.3 Å². The summed E-state index contributed by atoms with van der Waals surface area (Å²) in [5.41, 5.74) is 0.0150. The number of rotatable bonds is 6. The van der Waals surface area contributed by atoms with E-state index in [2.05, 4.69) is 0 Å². The van der Waals surface area contributed by atoms with Crippen molar-refractivity contribution in [2.75, 3.05) is 7.11 Å². The number of methoxy groups -OCH3 is 1. The minimum absolute atomic E-state index is 0.0150. The average Bonchev–Trinajstić information content (AvgIpc) is 2.67. The Bertz CT molecular complexity index is 987. The van der Waals surface area contributed by atoms with Crippen molar-refractivity contribution in [2.45, 2.75) is 17.1 Å². The highest BCUT2D eigenvalue weighted by atomic mass is 32.2. The Hall–Kier alpha value is -3.06. The molecule has 1 atom stereocenters. The summed E-state index contributed by atoms with van der Waals surface area (Å²) in [5.74, 6) is 0.797. The Morgan fingerprint density at radius 2 is 1.63 bits per heavy atom. The average molecular weight is 383 g/mol. The van der Waals surface area contributed by atoms with Gasteiger partial charge in [-0.2, -0.15) is 0 Å². The first-order chi connectivity index (χ1) is 13.0. The molecule has 3 rings (SSSR count). The number of benzene rings is 3. The van der Waals surface area contributed by atoms with Crippen LogP contribution in [0.3, 0.4) is 0 Å². The summed E-state index contributed by atoms with van der Waals surface area (Å²) >= 11 is 1.28. The van der Waals surface area contributed by atoms with Crippen LogP contribution in [0.5, 0.6) is 11.5 Å². The smallest absolute Gasteiger partial charge is 0.324 e. The number of nitrogens with zero attached hydrogens (tertiary/aromatic N) is 1. The molecule has 0 aliphatic heterocycles. The molecule has 0 heterocycles. The number of hydrogen-bond donors (Lipinski definition) is 0. The largest absolute Gasteiger partial charge is 0.497 e. The zero-order valence-corrected chi connectivity index (χ0v) is 15.6. The van der Waals surface area contributed by atoms with Gasteiger partial charge in [0.15, 0.2) is 0 Å². The van der Waals surface area contributed by atoms with Gasteiger partial charge >= 0.3 is 5.97 Å². The molecule has 0 saturated carbocycles. The van der Waals surface area contributed by atoms with Gasteiger partial charge in [0.2, 0.25) is 0 Å². The predicted molar refractivity (Wildman–Crippen MR) is 105 cm³/mol. The number of carbonyl (C=O) groups excluding carboxylic acids is 1. The Morgan fingerprint density at radius 3 is 2.26 bits per heavy atom. The predicted octanol–water partition coefficient (Wildman–Crippen LogP) is 4.84. The minimum atomic E-state index is -0.465. The molecule has 0 N–H and O–H groups in total. The molecule has 27 heavy (non-hydrogen) atoms. The Kier molecular flexibility index (Phi) is 5.61. The van der Waals surface area contributed by atoms with E-state index in [4.69, 9.17) is 9.47 Å². The van der Waals surface area contributed by atoms with E-state index in [1.165, 1.54) is 23.9 Å². The van der Waals surface area contributed by atoms with Crippen LogP contribution in [0.25, 0.3) is 10.8 Å². The summed E-state index contributed by atoms with van der Waals surface area (Å²) in [7, 11) is 1.60. The highest BCUT2D eigenvalue weighted by molar-refractivity contribution is 8.00. The number of hydrogen-bond acceptors (Lipinski definition) is 6. The Morgan fingerprint density at radius 1 is 1.00 bits per heavy atom. The molecule has 0 aliphatic rings. The van der Waals surface area contributed by atoms with Crippen LogP contribution in [0.2, 0.25) is 0 Å². The second kappa shape index (κ2) is 8.09. The first-order valence-electron chi connectivity index (χ1n) is 8.17. The lowest BCUT2D eigenvalue weighted by atomic mass is 10.1. The first-order valence-corrected chi connectivity index (χ1v) is 9.05. The van der Waals surface area contributed by atoms with Crippen molar-refractivity contribution in [1.82, 2.24) is 0 Å². The van der Waals surface area contributed by atoms with Crippen LogP contribution in [0, 0.1) is 10.1 Å². The third kappa shape index (κ3) is 4.57. The number of fused-ring (bicyclic) bond motifs is 1. The normalized spacial score (nSPS) is 11.8. The van der Waals surface area contributed by atoms with Gasteiger partial charge in [0.1, 0.15) is 16.7 Å². The fourth-order valence-corrected chi connectivity index (χ4v) is 3.34. The topological polar surface area (TPSA) is 78.7 Å². The Labute approximate surface area is 160 Å². The molecule has 7 heteroatoms. The lowest BCUT2D eigenvalue weighted by Crippen LogP contribution is -2.19. The molecule has 0 amide bonds. The molecule has 3 aromatic rings. The fraction of sp³-hybridized carbons (Fsp3) is 0.150. The standard InChI is InChI=1S/C20H17NO5S/c1-13(27-19-9-5-16(6-10-19)21(23)24)20(22)26-18-8-4-14-3-7-17(25-2)11-15(14)12-18/h3-13H,1-2H3. The number of non-ortho nitro benzene ring substituents is 1. The summed E-state index contributed by atoms with van der Waals surface area (Å²) in [5, 5.41) is 12.2. The number of nitro benzene ring substituents is 1. The summed E-state index contributed by atoms with van der Waals surface area (Å²) < 4.78 is 10.7. The molecule has 0 fully saturated rings. The third-order valence-corrected chi connectivity index (χ3v) is 5.02. The number of carbonyl (C=O) groups is 1. The lowest BCUT2D eigenvalue weighted by molar-refractivity contribution is -0.384. The summed E-state index contributed by atoms with van der Waals surface area (Å²) in [4.78, 5) is 23.4. The van der Waals surface area contributed by atoms with Crippen molar-refractivity contribution in [3.63, 3.8) is 0 Å². The second-order valence-electron chi connectivity index (χ2n) is 5.81. The number of ether oxygens (including phenoxy) is 2. The summed E-state index contributed by atoms with van der Waals surface area (Å²) in [6.45, 7) is 1.73. The molecular formula is C20H17NO5S. The molecule has 6 nitrogen and oxygen atoms in total. The van der Waals surface area contributed by atoms with E-state index in [1.807, 2.05) is 24.3 Å². The van der Waals surface area contributed by atoms with Gasteiger partial charge in [0, 0.05) is 17.0 Å². The van der Waals surface area contributed by atoms with Gasteiger partial charge in [-0.25, -0.2) is 0 Å². The van der Waals surface area contributed by atoms with Gasteiger partial charge in [-0.15, -0.1) is 11.8 Å². The molecule has 3 aromatic carbocycles. The van der Waals surface area contributed by atoms with Gasteiger partial charge in [-0.05, 0) is 54.1 Å². The quantitative estimate of drug-likeness (QED) is 0.199. The number of thioether (sulfide) groups is 1. The Balaban J connectivity index is 1.68. The van der Waals surface area contributed by atoms with Crippen LogP contribution in [0.1, 0.15) is 6.92 Å². The van der Waals surface area contributed by atoms with Gasteiger partial charge in [-0.1, -0.05) is 12.1 Å². The van der Waals surface area contributed by atoms with Crippen LogP contribution in [-0.2, 0) is 4.79 Å². The van der Waals surface area contributed by atoms with Gasteiger partial charge in [-0.3, -0.25) is 14.9 Å². The van der Waals surface area contributed by atoms with E-state index < -0.39 is 10.2 Å². The van der Waals surface area contributed by atoms with E-state index in [-0.39, 0.29) is 11.7 Å². The SMILES string of the molecule is COc1ccc2ccc(OC(=O)C(C)Sc3ccc([N+](=O)[O-])cc3)cc2c1. The van der Waals surface area contributed by atoms with E-state index in [0.717, 1.165) is 21.4 Å². The van der Waals surface area contributed by atoms with Crippen LogP contribution in [0.15, 0.2) is 65.6 Å². The third-order valence-electron chi connectivity index (χ3n) is 3.93. The van der Waals surface area contributed by atoms with Crippen molar-refractivity contribution >= 4 is 34.2 Å². The maximum Gasteiger partial charge on any atom is 0.324 e. The number of esters is 1. The molecule has 0 spiro atoms. The molecule has 0 bridgehead atoms. The van der Waals surface area contributed by atoms with Crippen LogP contribution in [0.4, 0.5) is 5.69 Å². The molecular weight excluding hydrogens is 366 g/mol. The van der Waals surface area contributed by atoms with Gasteiger partial charge in [0.05, 0.1) is 12.0 Å². The van der Waals surface area contributed by atoms with E-state index in [9.17, 15) is 14.9 Å². The van der Waals surface area contributed by atoms with Crippen LogP contribution in [-0.4, -0.2) is 23.3 Å². The first kappa shape index (κ1) is 18.7. The summed E-state index contributed by atoms with van der Waals surface area (Å²) in [6, 6.07) is 17.2. The molecule has 0 aliphatic carbocycles. The monoisotopic (exact) mass is 383 g/mol. The minimum Gasteiger partial charge on any atom is -0.497 e. The van der Waals surface area contributed by atoms with Crippen molar-refractivity contribution in [1.29, 1.82) is 0 Å².